The molecule has 1 rings (SSSR count). The molecule has 1 aliphatic heterocycles. The maximum atomic E-state index is 9.31. The van der Waals surface area contributed by atoms with Crippen LogP contribution in [0.25, 0.3) is 0 Å². The van der Waals surface area contributed by atoms with Crippen molar-refractivity contribution in [3.8, 4) is 0 Å². The fourth-order valence-electron chi connectivity index (χ4n) is 1.55. The van der Waals surface area contributed by atoms with Gasteiger partial charge in [-0.2, -0.15) is 0 Å². The molecule has 1 heterocycles. The lowest BCUT2D eigenvalue weighted by Gasteiger charge is -2.14. The second-order valence-corrected chi connectivity index (χ2v) is 3.36. The summed E-state index contributed by atoms with van der Waals surface area (Å²) in [5.74, 6) is 0. The van der Waals surface area contributed by atoms with Crippen molar-refractivity contribution in [2.24, 2.45) is 0 Å². The van der Waals surface area contributed by atoms with Gasteiger partial charge in [-0.25, -0.2) is 0 Å². The minimum absolute atomic E-state index is 0.144. The van der Waals surface area contributed by atoms with Crippen LogP contribution < -0.4 is 0 Å². The second-order valence-electron chi connectivity index (χ2n) is 3.36. The Morgan fingerprint density at radius 1 is 1.54 bits per heavy atom. The summed E-state index contributed by atoms with van der Waals surface area (Å²) in [4.78, 5) is 2.22. The first-order chi connectivity index (χ1) is 6.26. The maximum absolute atomic E-state index is 9.31. The van der Waals surface area contributed by atoms with E-state index in [1.807, 2.05) is 12.2 Å². The molecule has 1 fully saturated rings. The molecule has 2 nitrogen and oxygen atoms in total. The molecule has 0 aromatic rings. The van der Waals surface area contributed by atoms with Crippen LogP contribution in [0.4, 0.5) is 0 Å². The van der Waals surface area contributed by atoms with Crippen LogP contribution in [0.2, 0.25) is 0 Å². The molecule has 0 spiro atoms. The number of β-amino-alcohol motifs (C(OH)–C–C–N with tert-alkyl or cyclic N) is 1. The first-order valence-electron chi connectivity index (χ1n) is 4.60. The van der Waals surface area contributed by atoms with Crippen molar-refractivity contribution >= 4 is 0 Å². The van der Waals surface area contributed by atoms with Crippen LogP contribution in [-0.2, 0) is 0 Å². The van der Waals surface area contributed by atoms with Gasteiger partial charge in [0.2, 0.25) is 0 Å². The van der Waals surface area contributed by atoms with Gasteiger partial charge in [-0.05, 0) is 12.0 Å². The van der Waals surface area contributed by atoms with E-state index in [4.69, 9.17) is 0 Å². The zero-order valence-electron chi connectivity index (χ0n) is 7.95. The summed E-state index contributed by atoms with van der Waals surface area (Å²) in [7, 11) is 0. The molecule has 1 aliphatic rings. The number of aliphatic hydroxyl groups excluding tert-OH is 1. The maximum Gasteiger partial charge on any atom is 0.0679 e. The Balaban J connectivity index is 2.42. The monoisotopic (exact) mass is 179 g/mol. The average Bonchev–Trinajstić information content (AvgIpc) is 2.50. The lowest BCUT2D eigenvalue weighted by molar-refractivity contribution is 0.179. The SMILES string of the molecule is C=C/C=C(\C=C)CN1CCC(O)C1. The zero-order valence-corrected chi connectivity index (χ0v) is 7.95. The number of allylic oxidation sites excluding steroid dienone is 2. The van der Waals surface area contributed by atoms with Crippen molar-refractivity contribution in [2.45, 2.75) is 12.5 Å². The topological polar surface area (TPSA) is 23.5 Å². The van der Waals surface area contributed by atoms with E-state index in [0.29, 0.717) is 0 Å². The third-order valence-electron chi connectivity index (χ3n) is 2.25. The summed E-state index contributed by atoms with van der Waals surface area (Å²) in [6.45, 7) is 10.0. The van der Waals surface area contributed by atoms with E-state index in [2.05, 4.69) is 18.1 Å². The Morgan fingerprint density at radius 2 is 2.31 bits per heavy atom. The van der Waals surface area contributed by atoms with Crippen molar-refractivity contribution in [1.29, 1.82) is 0 Å². The normalized spacial score (nSPS) is 24.7. The van der Waals surface area contributed by atoms with E-state index in [-0.39, 0.29) is 6.10 Å². The number of nitrogens with zero attached hydrogens (tertiary/aromatic N) is 1. The molecule has 0 aliphatic carbocycles. The molecule has 1 N–H and O–H groups in total. The molecule has 1 saturated heterocycles. The van der Waals surface area contributed by atoms with Gasteiger partial charge in [-0.1, -0.05) is 31.4 Å². The van der Waals surface area contributed by atoms with Gasteiger partial charge in [0.15, 0.2) is 0 Å². The predicted molar refractivity (Wildman–Crippen MR) is 55.5 cm³/mol. The van der Waals surface area contributed by atoms with Crippen LogP contribution in [0.3, 0.4) is 0 Å². The van der Waals surface area contributed by atoms with E-state index in [9.17, 15) is 5.11 Å². The summed E-state index contributed by atoms with van der Waals surface area (Å²) in [6.07, 6.45) is 6.31. The van der Waals surface area contributed by atoms with E-state index in [0.717, 1.165) is 31.6 Å². The van der Waals surface area contributed by atoms with Crippen LogP contribution >= 0.6 is 0 Å². The molecule has 13 heavy (non-hydrogen) atoms. The van der Waals surface area contributed by atoms with E-state index in [1.54, 1.807) is 6.08 Å². The highest BCUT2D eigenvalue weighted by Crippen LogP contribution is 2.11. The van der Waals surface area contributed by atoms with Gasteiger partial charge in [0, 0.05) is 19.6 Å². The van der Waals surface area contributed by atoms with Crippen LogP contribution in [0, 0.1) is 0 Å². The Bertz CT molecular complexity index is 220. The second kappa shape index (κ2) is 5.00. The molecule has 0 saturated carbocycles. The van der Waals surface area contributed by atoms with Crippen LogP contribution in [-0.4, -0.2) is 35.7 Å². The van der Waals surface area contributed by atoms with Crippen molar-refractivity contribution in [3.05, 3.63) is 37.0 Å². The summed E-state index contributed by atoms with van der Waals surface area (Å²) in [5, 5.41) is 9.31. The summed E-state index contributed by atoms with van der Waals surface area (Å²) >= 11 is 0. The molecule has 0 amide bonds. The first kappa shape index (κ1) is 10.2. The molecule has 2 heteroatoms. The highest BCUT2D eigenvalue weighted by molar-refractivity contribution is 5.22. The van der Waals surface area contributed by atoms with E-state index < -0.39 is 0 Å². The summed E-state index contributed by atoms with van der Waals surface area (Å²) in [6, 6.07) is 0. The third kappa shape index (κ3) is 3.17. The minimum atomic E-state index is -0.144. The number of aliphatic hydroxyl groups is 1. The first-order valence-corrected chi connectivity index (χ1v) is 4.60. The third-order valence-corrected chi connectivity index (χ3v) is 2.25. The summed E-state index contributed by atoms with van der Waals surface area (Å²) in [5.41, 5.74) is 1.16. The molecule has 0 aromatic carbocycles. The van der Waals surface area contributed by atoms with Gasteiger partial charge in [0.05, 0.1) is 6.10 Å². The lowest BCUT2D eigenvalue weighted by atomic mass is 10.2. The van der Waals surface area contributed by atoms with Crippen LogP contribution in [0.5, 0.6) is 0 Å². The van der Waals surface area contributed by atoms with Crippen molar-refractivity contribution in [2.75, 3.05) is 19.6 Å². The Labute approximate surface area is 79.9 Å². The molecule has 0 aromatic heterocycles. The number of likely N-dealkylation sites (tertiary alicyclic amines) is 1. The van der Waals surface area contributed by atoms with Gasteiger partial charge in [0.1, 0.15) is 0 Å². The Hall–Kier alpha value is -0.860. The van der Waals surface area contributed by atoms with E-state index >= 15 is 0 Å². The highest BCUT2D eigenvalue weighted by atomic mass is 16.3. The highest BCUT2D eigenvalue weighted by Gasteiger charge is 2.19. The molecule has 0 radical (unpaired) electrons. The van der Waals surface area contributed by atoms with Gasteiger partial charge >= 0.3 is 0 Å². The van der Waals surface area contributed by atoms with Gasteiger partial charge < -0.3 is 5.11 Å². The quantitative estimate of drug-likeness (QED) is 0.658. The van der Waals surface area contributed by atoms with Crippen molar-refractivity contribution < 1.29 is 5.11 Å². The molecule has 72 valence electrons. The van der Waals surface area contributed by atoms with Crippen LogP contribution in [0.15, 0.2) is 37.0 Å². The van der Waals surface area contributed by atoms with Crippen molar-refractivity contribution in [1.82, 2.24) is 4.90 Å². The van der Waals surface area contributed by atoms with Crippen LogP contribution in [0.1, 0.15) is 6.42 Å². The Kier molecular flexibility index (Phi) is 3.93. The molecule has 0 bridgehead atoms. The minimum Gasteiger partial charge on any atom is -0.392 e. The smallest absolute Gasteiger partial charge is 0.0679 e. The fraction of sp³-hybridized carbons (Fsp3) is 0.455. The van der Waals surface area contributed by atoms with Gasteiger partial charge in [-0.15, -0.1) is 0 Å². The van der Waals surface area contributed by atoms with Crippen molar-refractivity contribution in [3.63, 3.8) is 0 Å². The number of rotatable bonds is 4. The number of hydrogen-bond acceptors (Lipinski definition) is 2. The average molecular weight is 179 g/mol. The molecule has 1 atom stereocenters. The number of hydrogen-bond donors (Lipinski definition) is 1. The largest absolute Gasteiger partial charge is 0.392 e. The fourth-order valence-corrected chi connectivity index (χ4v) is 1.55. The standard InChI is InChI=1S/C11H17NO/c1-3-5-10(4-2)8-12-7-6-11(13)9-12/h3-5,11,13H,1-2,6-9H2/b10-5+. The molecular weight excluding hydrogens is 162 g/mol. The molecular formula is C11H17NO. The van der Waals surface area contributed by atoms with Gasteiger partial charge in [0.25, 0.3) is 0 Å². The predicted octanol–water partition coefficient (Wildman–Crippen LogP) is 1.35. The van der Waals surface area contributed by atoms with Gasteiger partial charge in [-0.3, -0.25) is 4.90 Å². The Morgan fingerprint density at radius 3 is 2.77 bits per heavy atom. The molecule has 1 unspecified atom stereocenters. The lowest BCUT2D eigenvalue weighted by Crippen LogP contribution is -2.23. The van der Waals surface area contributed by atoms with E-state index in [1.165, 1.54) is 0 Å². The zero-order chi connectivity index (χ0) is 9.68. The summed E-state index contributed by atoms with van der Waals surface area (Å²) < 4.78 is 0.